The lowest BCUT2D eigenvalue weighted by atomic mass is 9.92. The number of hydrogen-bond donors (Lipinski definition) is 2. The summed E-state index contributed by atoms with van der Waals surface area (Å²) >= 11 is 0. The third-order valence-electron chi connectivity index (χ3n) is 8.61. The summed E-state index contributed by atoms with van der Waals surface area (Å²) in [5.74, 6) is 1.49. The predicted octanol–water partition coefficient (Wildman–Crippen LogP) is 9.22. The fraction of sp³-hybridized carbons (Fsp3) is 0.375. The first kappa shape index (κ1) is 34.8. The number of aromatic nitrogens is 3. The number of aryl methyl sites for hydroxylation is 1. The number of ether oxygens (including phenoxy) is 1. The minimum Gasteiger partial charge on any atom is -0.379 e. The maximum atomic E-state index is 13.4. The molecule has 2 amide bonds. The topological polar surface area (TPSA) is 84.3 Å². The zero-order valence-corrected chi connectivity index (χ0v) is 29.5. The van der Waals surface area contributed by atoms with Crippen LogP contribution in [0.2, 0.25) is 0 Å². The molecule has 6 rings (SSSR count). The second-order valence-electron chi connectivity index (χ2n) is 13.9. The summed E-state index contributed by atoms with van der Waals surface area (Å²) in [6.07, 6.45) is 3.25. The lowest BCUT2D eigenvalue weighted by Crippen LogP contribution is -2.35. The Labute approximate surface area is 285 Å². The molecule has 1 fully saturated rings. The molecule has 48 heavy (non-hydrogen) atoms. The molecule has 0 atom stereocenters. The Kier molecular flexibility index (Phi) is 11.3. The molecule has 1 saturated heterocycles. The third kappa shape index (κ3) is 8.88. The van der Waals surface area contributed by atoms with E-state index in [9.17, 15) is 4.79 Å². The summed E-state index contributed by atoms with van der Waals surface area (Å²) in [4.78, 5) is 20.5. The lowest BCUT2D eigenvalue weighted by Gasteiger charge is -2.26. The monoisotopic (exact) mass is 646 g/mol. The minimum absolute atomic E-state index is 0.176. The van der Waals surface area contributed by atoms with Crippen molar-refractivity contribution in [3.05, 3.63) is 102 Å². The van der Waals surface area contributed by atoms with Gasteiger partial charge in [0.15, 0.2) is 0 Å². The number of pyridine rings is 1. The van der Waals surface area contributed by atoms with Gasteiger partial charge in [0, 0.05) is 48.3 Å². The molecule has 2 N–H and O–H groups in total. The van der Waals surface area contributed by atoms with Crippen LogP contribution in [0.4, 0.5) is 16.3 Å². The Bertz CT molecular complexity index is 1800. The molecule has 0 aliphatic carbocycles. The fourth-order valence-electron chi connectivity index (χ4n) is 5.31. The smallest absolute Gasteiger partial charge is 0.324 e. The van der Waals surface area contributed by atoms with E-state index >= 15 is 0 Å². The number of benzene rings is 3. The van der Waals surface area contributed by atoms with Gasteiger partial charge in [-0.2, -0.15) is 5.10 Å². The summed E-state index contributed by atoms with van der Waals surface area (Å²) in [5, 5.41) is 13.0. The van der Waals surface area contributed by atoms with Crippen molar-refractivity contribution in [1.82, 2.24) is 19.7 Å². The van der Waals surface area contributed by atoms with Gasteiger partial charge in [-0.05, 0) is 48.1 Å². The summed E-state index contributed by atoms with van der Waals surface area (Å²) in [7, 11) is 0. The Balaban J connectivity index is 0.000000840. The van der Waals surface area contributed by atoms with Crippen LogP contribution in [-0.4, -0.2) is 52.0 Å². The molecule has 0 radical (unpaired) electrons. The molecule has 8 nitrogen and oxygen atoms in total. The SMILES string of the molecule is CCC(C)C.Cc1ccc(-n2nc(C(C)(C)C)cc2NC(=O)Nc2ccc(-c3ccc(CN4CCOCC4)nc3)c3ccccc23)cc1. The molecular formula is C40H50N6O2. The number of nitrogens with one attached hydrogen (secondary N) is 2. The van der Waals surface area contributed by atoms with Crippen molar-refractivity contribution in [3.8, 4) is 16.8 Å². The number of nitrogens with zero attached hydrogens (tertiary/aromatic N) is 4. The Morgan fingerprint density at radius 3 is 2.23 bits per heavy atom. The highest BCUT2D eigenvalue weighted by Crippen LogP contribution is 2.34. The Morgan fingerprint density at radius 1 is 0.917 bits per heavy atom. The normalized spacial score (nSPS) is 13.7. The molecule has 3 heterocycles. The highest BCUT2D eigenvalue weighted by Gasteiger charge is 2.22. The molecule has 8 heteroatoms. The number of anilines is 2. The molecule has 1 aliphatic rings. The van der Waals surface area contributed by atoms with Crippen molar-refractivity contribution in [3.63, 3.8) is 0 Å². The first-order valence-corrected chi connectivity index (χ1v) is 17.0. The van der Waals surface area contributed by atoms with E-state index in [4.69, 9.17) is 14.8 Å². The van der Waals surface area contributed by atoms with Crippen LogP contribution in [0.1, 0.15) is 64.9 Å². The predicted molar refractivity (Wildman–Crippen MR) is 198 cm³/mol. The average Bonchev–Trinajstić information content (AvgIpc) is 3.51. The van der Waals surface area contributed by atoms with Gasteiger partial charge >= 0.3 is 6.03 Å². The lowest BCUT2D eigenvalue weighted by molar-refractivity contribution is 0.0336. The number of morpholine rings is 1. The van der Waals surface area contributed by atoms with E-state index < -0.39 is 0 Å². The standard InChI is InChI=1S/C35H38N6O2.C5H12/c1-24-9-13-27(14-10-24)41-33(21-32(39-41)35(2,3)4)38-34(42)37-31-16-15-28(29-7-5-6-8-30(29)31)25-11-12-26(36-22-25)23-40-17-19-43-20-18-40;1-4-5(2)3/h5-16,21-22H,17-20,23H2,1-4H3,(H2,37,38,42);5H,4H2,1-3H3. The van der Waals surface area contributed by atoms with Gasteiger partial charge in [0.05, 0.1) is 36.0 Å². The molecule has 0 saturated carbocycles. The summed E-state index contributed by atoms with van der Waals surface area (Å²) < 4.78 is 7.25. The van der Waals surface area contributed by atoms with Crippen LogP contribution in [0.3, 0.4) is 0 Å². The molecule has 5 aromatic rings. The van der Waals surface area contributed by atoms with Crippen LogP contribution >= 0.6 is 0 Å². The van der Waals surface area contributed by atoms with Crippen molar-refractivity contribution in [1.29, 1.82) is 0 Å². The number of amides is 2. The molecular weight excluding hydrogens is 596 g/mol. The molecule has 0 unspecified atom stereocenters. The number of urea groups is 1. The molecule has 1 aliphatic heterocycles. The van der Waals surface area contributed by atoms with E-state index in [0.717, 1.165) is 89.0 Å². The quantitative estimate of drug-likeness (QED) is 0.184. The number of fused-ring (bicyclic) bond motifs is 1. The second-order valence-corrected chi connectivity index (χ2v) is 13.9. The number of hydrogen-bond acceptors (Lipinski definition) is 5. The Hall–Kier alpha value is -4.53. The van der Waals surface area contributed by atoms with Gasteiger partial charge in [-0.1, -0.05) is 102 Å². The first-order valence-electron chi connectivity index (χ1n) is 17.0. The van der Waals surface area contributed by atoms with Crippen molar-refractivity contribution in [2.24, 2.45) is 5.92 Å². The van der Waals surface area contributed by atoms with E-state index in [1.807, 2.05) is 73.8 Å². The molecule has 2 aromatic heterocycles. The van der Waals surface area contributed by atoms with Crippen LogP contribution in [0, 0.1) is 12.8 Å². The first-order chi connectivity index (χ1) is 23.0. The van der Waals surface area contributed by atoms with E-state index in [1.165, 1.54) is 6.42 Å². The average molecular weight is 647 g/mol. The van der Waals surface area contributed by atoms with Gasteiger partial charge in [-0.15, -0.1) is 0 Å². The van der Waals surface area contributed by atoms with Crippen LogP contribution in [0.25, 0.3) is 27.6 Å². The third-order valence-corrected chi connectivity index (χ3v) is 8.61. The van der Waals surface area contributed by atoms with Crippen LogP contribution in [0.5, 0.6) is 0 Å². The molecule has 0 spiro atoms. The van der Waals surface area contributed by atoms with Crippen LogP contribution in [-0.2, 0) is 16.7 Å². The fourth-order valence-corrected chi connectivity index (χ4v) is 5.31. The summed E-state index contributed by atoms with van der Waals surface area (Å²) in [6, 6.07) is 26.1. The van der Waals surface area contributed by atoms with E-state index in [-0.39, 0.29) is 11.4 Å². The maximum absolute atomic E-state index is 13.4. The summed E-state index contributed by atoms with van der Waals surface area (Å²) in [6.45, 7) is 19.3. The zero-order valence-electron chi connectivity index (χ0n) is 29.5. The molecule has 252 valence electrons. The van der Waals surface area contributed by atoms with Gasteiger partial charge in [0.2, 0.25) is 0 Å². The molecule has 0 bridgehead atoms. The van der Waals surface area contributed by atoms with E-state index in [0.29, 0.717) is 5.82 Å². The highest BCUT2D eigenvalue weighted by molar-refractivity contribution is 6.09. The zero-order chi connectivity index (χ0) is 34.3. The van der Waals surface area contributed by atoms with Crippen molar-refractivity contribution >= 4 is 28.3 Å². The number of rotatable bonds is 7. The van der Waals surface area contributed by atoms with Crippen LogP contribution in [0.15, 0.2) is 85.1 Å². The molecule has 3 aromatic carbocycles. The van der Waals surface area contributed by atoms with Gasteiger partial charge in [-0.25, -0.2) is 9.48 Å². The minimum atomic E-state index is -0.333. The van der Waals surface area contributed by atoms with Gasteiger partial charge in [0.25, 0.3) is 0 Å². The van der Waals surface area contributed by atoms with E-state index in [1.54, 1.807) is 4.68 Å². The van der Waals surface area contributed by atoms with Crippen LogP contribution < -0.4 is 10.6 Å². The number of carbonyl (C=O) groups is 1. The largest absolute Gasteiger partial charge is 0.379 e. The van der Waals surface area contributed by atoms with E-state index in [2.05, 4.69) is 75.3 Å². The highest BCUT2D eigenvalue weighted by atomic mass is 16.5. The van der Waals surface area contributed by atoms with Crippen molar-refractivity contribution < 1.29 is 9.53 Å². The second kappa shape index (κ2) is 15.6. The van der Waals surface area contributed by atoms with Gasteiger partial charge in [0.1, 0.15) is 5.82 Å². The van der Waals surface area contributed by atoms with Crippen molar-refractivity contribution in [2.75, 3.05) is 36.9 Å². The van der Waals surface area contributed by atoms with Crippen molar-refractivity contribution in [2.45, 2.75) is 66.8 Å². The van der Waals surface area contributed by atoms with Gasteiger partial charge < -0.3 is 10.1 Å². The number of carbonyl (C=O) groups excluding carboxylic acids is 1. The summed E-state index contributed by atoms with van der Waals surface area (Å²) in [5.41, 5.74) is 6.64. The Morgan fingerprint density at radius 2 is 1.60 bits per heavy atom. The maximum Gasteiger partial charge on any atom is 0.324 e. The van der Waals surface area contributed by atoms with Gasteiger partial charge in [-0.3, -0.25) is 15.2 Å².